The average Bonchev–Trinajstić information content (AvgIpc) is 3.14. The van der Waals surface area contributed by atoms with Gasteiger partial charge in [0.15, 0.2) is 0 Å². The largest absolute Gasteiger partial charge is 0.488 e. The molecule has 11 heteroatoms. The Morgan fingerprint density at radius 2 is 1.69 bits per heavy atom. The zero-order valence-electron chi connectivity index (χ0n) is 18.9. The Kier molecular flexibility index (Phi) is 6.63. The van der Waals surface area contributed by atoms with E-state index in [-0.39, 0.29) is 36.1 Å². The number of benzene rings is 3. The van der Waals surface area contributed by atoms with Gasteiger partial charge in [0.1, 0.15) is 12.4 Å². The Balaban J connectivity index is 1.49. The van der Waals surface area contributed by atoms with Crippen LogP contribution in [0.3, 0.4) is 0 Å². The highest BCUT2D eigenvalue weighted by atomic mass is 32.3. The van der Waals surface area contributed by atoms with Crippen molar-refractivity contribution in [2.45, 2.75) is 26.3 Å². The van der Waals surface area contributed by atoms with Gasteiger partial charge in [-0.3, -0.25) is 0 Å². The number of hydrogen-bond donors (Lipinski definition) is 1. The van der Waals surface area contributed by atoms with Crippen LogP contribution in [0.15, 0.2) is 59.7 Å². The Hall–Kier alpha value is -4.08. The number of amides is 1. The number of azide groups is 1. The average molecular weight is 497 g/mol. The van der Waals surface area contributed by atoms with Crippen molar-refractivity contribution in [3.63, 3.8) is 0 Å². The summed E-state index contributed by atoms with van der Waals surface area (Å²) in [4.78, 5) is 15.2. The summed E-state index contributed by atoms with van der Waals surface area (Å²) in [6.45, 7) is 3.07. The van der Waals surface area contributed by atoms with Gasteiger partial charge < -0.3 is 14.2 Å². The summed E-state index contributed by atoms with van der Waals surface area (Å²) >= 11 is 0. The lowest BCUT2D eigenvalue weighted by Crippen LogP contribution is -2.26. The minimum Gasteiger partial charge on any atom is -0.449 e. The van der Waals surface area contributed by atoms with Crippen molar-refractivity contribution in [1.29, 1.82) is 0 Å². The number of fused-ring (bicyclic) bond motifs is 3. The second-order valence-corrected chi connectivity index (χ2v) is 8.93. The van der Waals surface area contributed by atoms with E-state index in [4.69, 9.17) is 10.3 Å². The fraction of sp³-hybridized carbons (Fsp3) is 0.208. The Morgan fingerprint density at radius 3 is 2.26 bits per heavy atom. The number of rotatable bonds is 7. The van der Waals surface area contributed by atoms with E-state index in [1.54, 1.807) is 6.92 Å². The zero-order valence-corrected chi connectivity index (χ0v) is 19.7. The minimum atomic E-state index is -5.31. The van der Waals surface area contributed by atoms with Gasteiger partial charge in [-0.2, -0.15) is 8.42 Å². The smallest absolute Gasteiger partial charge is 0.449 e. The van der Waals surface area contributed by atoms with E-state index >= 15 is 0 Å². The quantitative estimate of drug-likeness (QED) is 0.189. The maximum atomic E-state index is 13.1. The van der Waals surface area contributed by atoms with E-state index in [9.17, 15) is 17.1 Å². The Morgan fingerprint density at radius 1 is 1.09 bits per heavy atom. The highest BCUT2D eigenvalue weighted by Gasteiger charge is 2.29. The molecule has 0 saturated heterocycles. The Labute approximate surface area is 201 Å². The summed E-state index contributed by atoms with van der Waals surface area (Å²) in [5, 5.41) is 6.15. The zero-order chi connectivity index (χ0) is 25.2. The predicted molar refractivity (Wildman–Crippen MR) is 127 cm³/mol. The summed E-state index contributed by atoms with van der Waals surface area (Å²) in [6.07, 6.45) is -0.697. The van der Waals surface area contributed by atoms with Crippen LogP contribution >= 0.6 is 0 Å². The molecule has 9 nitrogen and oxygen atoms in total. The molecule has 1 amide bonds. The number of hydrogen-bond acceptors (Lipinski definition) is 6. The van der Waals surface area contributed by atoms with E-state index in [0.717, 1.165) is 22.3 Å². The van der Waals surface area contributed by atoms with Crippen LogP contribution in [0.2, 0.25) is 0 Å². The lowest BCUT2D eigenvalue weighted by atomic mass is 9.98. The topological polar surface area (TPSA) is 130 Å². The van der Waals surface area contributed by atoms with Crippen LogP contribution in [0.4, 0.5) is 14.4 Å². The molecule has 0 saturated carbocycles. The molecule has 0 spiro atoms. The fourth-order valence-corrected chi connectivity index (χ4v) is 4.70. The van der Waals surface area contributed by atoms with Crippen LogP contribution in [0.1, 0.15) is 33.7 Å². The van der Waals surface area contributed by atoms with Gasteiger partial charge in [0.05, 0.1) is 0 Å². The number of ether oxygens (including phenoxy) is 1. The molecule has 0 unspecified atom stereocenters. The third-order valence-electron chi connectivity index (χ3n) is 5.97. The summed E-state index contributed by atoms with van der Waals surface area (Å²) in [7, 11) is -5.31. The molecule has 1 aliphatic rings. The normalized spacial score (nSPS) is 12.3. The molecule has 3 aromatic rings. The third-order valence-corrected chi connectivity index (χ3v) is 6.35. The van der Waals surface area contributed by atoms with Crippen molar-refractivity contribution in [3.8, 4) is 16.9 Å². The molecule has 4 rings (SSSR count). The van der Waals surface area contributed by atoms with Crippen LogP contribution in [0, 0.1) is 13.8 Å². The van der Waals surface area contributed by atoms with Crippen molar-refractivity contribution < 1.29 is 26.0 Å². The molecule has 3 aromatic carbocycles. The summed E-state index contributed by atoms with van der Waals surface area (Å²) in [5.41, 5.74) is 14.3. The molecular weight excluding hydrogens is 475 g/mol. The molecule has 0 heterocycles. The van der Waals surface area contributed by atoms with Crippen molar-refractivity contribution in [2.24, 2.45) is 5.11 Å². The highest BCUT2D eigenvalue weighted by molar-refractivity contribution is 7.81. The third kappa shape index (κ3) is 5.06. The van der Waals surface area contributed by atoms with Gasteiger partial charge in [-0.1, -0.05) is 57.5 Å². The van der Waals surface area contributed by atoms with Crippen LogP contribution in [-0.4, -0.2) is 21.1 Å². The molecule has 0 bridgehead atoms. The van der Waals surface area contributed by atoms with Crippen LogP contribution < -0.4 is 9.50 Å². The van der Waals surface area contributed by atoms with Crippen molar-refractivity contribution in [2.75, 3.05) is 6.61 Å². The highest BCUT2D eigenvalue weighted by Crippen LogP contribution is 2.44. The number of nitrogens with one attached hydrogen (secondary N) is 1. The van der Waals surface area contributed by atoms with Gasteiger partial charge in [-0.15, -0.1) is 0 Å². The predicted octanol–water partition coefficient (Wildman–Crippen LogP) is 5.88. The van der Waals surface area contributed by atoms with Gasteiger partial charge in [-0.25, -0.2) is 4.79 Å². The van der Waals surface area contributed by atoms with Gasteiger partial charge >= 0.3 is 16.6 Å². The molecule has 35 heavy (non-hydrogen) atoms. The van der Waals surface area contributed by atoms with Crippen molar-refractivity contribution >= 4 is 22.3 Å². The summed E-state index contributed by atoms with van der Waals surface area (Å²) in [6, 6.07) is 17.2. The first-order valence-electron chi connectivity index (χ1n) is 10.6. The van der Waals surface area contributed by atoms with Gasteiger partial charge in [0.25, 0.3) is 0 Å². The molecule has 0 aromatic heterocycles. The first-order valence-corrected chi connectivity index (χ1v) is 11.9. The van der Waals surface area contributed by atoms with Gasteiger partial charge in [0, 0.05) is 28.6 Å². The van der Waals surface area contributed by atoms with Crippen molar-refractivity contribution in [3.05, 3.63) is 92.9 Å². The van der Waals surface area contributed by atoms with Gasteiger partial charge in [0.2, 0.25) is 0 Å². The monoisotopic (exact) mass is 496 g/mol. The molecular formula is C24H21FN4O5S. The molecule has 180 valence electrons. The maximum Gasteiger partial charge on any atom is 0.488 e. The number of alkyl carbamates (subject to hydrolysis) is 1. The van der Waals surface area contributed by atoms with Crippen LogP contribution in [-0.2, 0) is 21.8 Å². The van der Waals surface area contributed by atoms with E-state index in [2.05, 4.69) is 19.5 Å². The van der Waals surface area contributed by atoms with Crippen LogP contribution in [0.25, 0.3) is 21.6 Å². The minimum absolute atomic E-state index is 0.0815. The molecule has 1 N–H and O–H groups in total. The van der Waals surface area contributed by atoms with E-state index in [1.807, 2.05) is 48.5 Å². The summed E-state index contributed by atoms with van der Waals surface area (Å²) in [5.74, 6) is -0.453. The molecule has 1 aliphatic carbocycles. The summed E-state index contributed by atoms with van der Waals surface area (Å²) < 4.78 is 45.0. The van der Waals surface area contributed by atoms with Crippen LogP contribution in [0.5, 0.6) is 5.75 Å². The standard InChI is InChI=1S/C24H21FN4O5S/c1-14-16(11-22(34-35(25,31)32)15(2)23(14)28-29-26)12-27-24(30)33-13-21-19-9-5-3-7-17(19)18-8-4-6-10-20(18)21/h3-11,21H,12-13H2,1-2H3,(H,27,30). The van der Waals surface area contributed by atoms with E-state index in [1.165, 1.54) is 13.0 Å². The maximum absolute atomic E-state index is 13.1. The lowest BCUT2D eigenvalue weighted by Gasteiger charge is -2.17. The molecule has 0 fully saturated rings. The molecule has 0 radical (unpaired) electrons. The second kappa shape index (κ2) is 9.65. The number of carbonyl (C=O) groups excluding carboxylic acids is 1. The first kappa shape index (κ1) is 24.1. The number of nitrogens with zero attached hydrogens (tertiary/aromatic N) is 3. The van der Waals surface area contributed by atoms with E-state index < -0.39 is 16.6 Å². The number of carbonyl (C=O) groups is 1. The van der Waals surface area contributed by atoms with Crippen molar-refractivity contribution in [1.82, 2.24) is 5.32 Å². The van der Waals surface area contributed by atoms with E-state index in [0.29, 0.717) is 11.1 Å². The molecule has 0 atom stereocenters. The first-order chi connectivity index (χ1) is 16.7. The Bertz CT molecular complexity index is 1420. The lowest BCUT2D eigenvalue weighted by molar-refractivity contribution is 0.142. The fourth-order valence-electron chi connectivity index (χ4n) is 4.31. The number of halogens is 1. The second-order valence-electron chi connectivity index (χ2n) is 7.98. The SMILES string of the molecule is Cc1c(CNC(=O)OCC2c3ccccc3-c3ccccc32)cc(OS(=O)(=O)F)c(C)c1N=[N+]=[N-]. The van der Waals surface area contributed by atoms with Gasteiger partial charge in [-0.05, 0) is 58.8 Å². The molecule has 0 aliphatic heterocycles.